The van der Waals surface area contributed by atoms with Gasteiger partial charge in [0.25, 0.3) is 0 Å². The number of para-hydroxylation sites is 1. The quantitative estimate of drug-likeness (QED) is 0.628. The van der Waals surface area contributed by atoms with E-state index in [4.69, 9.17) is 0 Å². The number of anilines is 1. The van der Waals surface area contributed by atoms with Crippen molar-refractivity contribution in [2.75, 3.05) is 37.6 Å². The third-order valence-electron chi connectivity index (χ3n) is 7.61. The third kappa shape index (κ3) is 4.38. The molecule has 2 saturated heterocycles. The second-order valence-corrected chi connectivity index (χ2v) is 11.7. The van der Waals surface area contributed by atoms with Gasteiger partial charge < -0.3 is 9.80 Å². The van der Waals surface area contributed by atoms with Gasteiger partial charge in [-0.1, -0.05) is 18.2 Å². The number of fused-ring (bicyclic) bond motifs is 1. The molecule has 0 spiro atoms. The molecular formula is C25H33N5O4S. The fourth-order valence-electron chi connectivity index (χ4n) is 5.69. The van der Waals surface area contributed by atoms with Crippen LogP contribution in [0.1, 0.15) is 42.6 Å². The molecule has 4 heterocycles. The molecule has 10 heteroatoms. The van der Waals surface area contributed by atoms with E-state index in [0.29, 0.717) is 43.9 Å². The summed E-state index contributed by atoms with van der Waals surface area (Å²) in [5.74, 6) is -0.0436. The molecule has 2 fully saturated rings. The van der Waals surface area contributed by atoms with Crippen LogP contribution in [0.5, 0.6) is 0 Å². The van der Waals surface area contributed by atoms with Crippen LogP contribution in [-0.4, -0.2) is 71.9 Å². The Morgan fingerprint density at radius 2 is 1.69 bits per heavy atom. The number of likely N-dealkylation sites (tertiary alicyclic amines) is 1. The Morgan fingerprint density at radius 3 is 2.40 bits per heavy atom. The van der Waals surface area contributed by atoms with Crippen molar-refractivity contribution in [3.63, 3.8) is 0 Å². The second-order valence-electron chi connectivity index (χ2n) is 9.79. The molecule has 5 rings (SSSR count). The molecule has 35 heavy (non-hydrogen) atoms. The lowest BCUT2D eigenvalue weighted by Gasteiger charge is -2.32. The number of aryl methyl sites for hydroxylation is 1. The predicted molar refractivity (Wildman–Crippen MR) is 131 cm³/mol. The molecule has 0 unspecified atom stereocenters. The number of hydrogen-bond donors (Lipinski definition) is 0. The Morgan fingerprint density at radius 1 is 1.00 bits per heavy atom. The van der Waals surface area contributed by atoms with Gasteiger partial charge in [-0.2, -0.15) is 9.40 Å². The van der Waals surface area contributed by atoms with Gasteiger partial charge in [0.05, 0.1) is 11.4 Å². The Hall–Kier alpha value is -2.72. The Balaban J connectivity index is 1.28. The number of carbonyl (C=O) groups excluding carboxylic acids is 2. The van der Waals surface area contributed by atoms with Crippen molar-refractivity contribution < 1.29 is 18.0 Å². The zero-order valence-corrected chi connectivity index (χ0v) is 21.3. The number of nitrogens with zero attached hydrogens (tertiary/aromatic N) is 5. The lowest BCUT2D eigenvalue weighted by Crippen LogP contribution is -2.43. The van der Waals surface area contributed by atoms with Crippen LogP contribution in [0.3, 0.4) is 0 Å². The van der Waals surface area contributed by atoms with Crippen LogP contribution in [0.2, 0.25) is 0 Å². The number of amides is 2. The summed E-state index contributed by atoms with van der Waals surface area (Å²) in [4.78, 5) is 29.7. The molecule has 0 radical (unpaired) electrons. The van der Waals surface area contributed by atoms with E-state index in [1.165, 1.54) is 8.99 Å². The molecular weight excluding hydrogens is 466 g/mol. The maximum Gasteiger partial charge on any atom is 0.248 e. The molecule has 1 aromatic carbocycles. The van der Waals surface area contributed by atoms with Crippen molar-refractivity contribution in [1.29, 1.82) is 0 Å². The minimum Gasteiger partial charge on any atom is -0.342 e. The number of piperidine rings is 1. The first-order valence-electron chi connectivity index (χ1n) is 12.5. The molecule has 3 aliphatic heterocycles. The van der Waals surface area contributed by atoms with Crippen molar-refractivity contribution in [2.45, 2.75) is 57.4 Å². The van der Waals surface area contributed by atoms with Crippen LogP contribution in [0.4, 0.5) is 5.69 Å². The molecule has 0 N–H and O–H groups in total. The van der Waals surface area contributed by atoms with Crippen molar-refractivity contribution >= 4 is 27.5 Å². The van der Waals surface area contributed by atoms with Gasteiger partial charge in [-0.3, -0.25) is 14.3 Å². The summed E-state index contributed by atoms with van der Waals surface area (Å²) in [6.07, 6.45) is 3.98. The fourth-order valence-corrected chi connectivity index (χ4v) is 7.53. The first-order valence-corrected chi connectivity index (χ1v) is 13.9. The molecule has 0 saturated carbocycles. The van der Waals surface area contributed by atoms with E-state index in [0.717, 1.165) is 43.6 Å². The zero-order chi connectivity index (χ0) is 24.7. The van der Waals surface area contributed by atoms with Crippen LogP contribution in [0.25, 0.3) is 0 Å². The van der Waals surface area contributed by atoms with E-state index in [1.807, 2.05) is 29.2 Å². The van der Waals surface area contributed by atoms with E-state index >= 15 is 0 Å². The summed E-state index contributed by atoms with van der Waals surface area (Å²) in [5.41, 5.74) is 2.92. The summed E-state index contributed by atoms with van der Waals surface area (Å²) < 4.78 is 30.1. The van der Waals surface area contributed by atoms with Crippen molar-refractivity contribution in [1.82, 2.24) is 19.0 Å². The van der Waals surface area contributed by atoms with E-state index in [9.17, 15) is 18.0 Å². The standard InChI is InChI=1S/C25H33N5O4S/c1-18-24(35(33,34)28-14-9-21(10-15-28)25(32)27-12-5-6-13-27)19(2)30(26-18)17-23(31)29-16-11-20-7-3-4-8-22(20)29/h3-4,7-8,21H,5-6,9-17H2,1-2H3. The molecule has 9 nitrogen and oxygen atoms in total. The molecule has 3 aliphatic rings. The van der Waals surface area contributed by atoms with Gasteiger partial charge in [-0.25, -0.2) is 8.42 Å². The minimum atomic E-state index is -3.77. The average molecular weight is 500 g/mol. The fraction of sp³-hybridized carbons (Fsp3) is 0.560. The zero-order valence-electron chi connectivity index (χ0n) is 20.4. The third-order valence-corrected chi connectivity index (χ3v) is 9.76. The molecule has 188 valence electrons. The highest BCUT2D eigenvalue weighted by atomic mass is 32.2. The van der Waals surface area contributed by atoms with Crippen molar-refractivity contribution in [2.24, 2.45) is 5.92 Å². The van der Waals surface area contributed by atoms with Gasteiger partial charge >= 0.3 is 0 Å². The summed E-state index contributed by atoms with van der Waals surface area (Å²) in [7, 11) is -3.77. The molecule has 2 aromatic rings. The van der Waals surface area contributed by atoms with Gasteiger partial charge in [0.1, 0.15) is 11.4 Å². The second kappa shape index (κ2) is 9.39. The van der Waals surface area contributed by atoms with Crippen molar-refractivity contribution in [3.05, 3.63) is 41.2 Å². The molecule has 2 amide bonds. The topological polar surface area (TPSA) is 95.8 Å². The summed E-state index contributed by atoms with van der Waals surface area (Å²) in [5, 5.41) is 4.44. The lowest BCUT2D eigenvalue weighted by molar-refractivity contribution is -0.135. The first kappa shape index (κ1) is 24.0. The van der Waals surface area contributed by atoms with Crippen molar-refractivity contribution in [3.8, 4) is 0 Å². The monoisotopic (exact) mass is 499 g/mol. The summed E-state index contributed by atoms with van der Waals surface area (Å²) >= 11 is 0. The number of carbonyl (C=O) groups is 2. The van der Waals surface area contributed by atoms with Gasteiger partial charge in [-0.05, 0) is 57.6 Å². The molecule has 1 aromatic heterocycles. The maximum atomic E-state index is 13.6. The lowest BCUT2D eigenvalue weighted by atomic mass is 9.97. The van der Waals surface area contributed by atoms with Gasteiger partial charge in [-0.15, -0.1) is 0 Å². The number of aromatic nitrogens is 2. The van der Waals surface area contributed by atoms with E-state index in [-0.39, 0.29) is 29.2 Å². The number of hydrogen-bond acceptors (Lipinski definition) is 5. The van der Waals surface area contributed by atoms with Crippen LogP contribution in [0.15, 0.2) is 29.2 Å². The number of sulfonamides is 1. The first-order chi connectivity index (χ1) is 16.8. The Bertz CT molecular complexity index is 1240. The van der Waals surface area contributed by atoms with Gasteiger partial charge in [0, 0.05) is 44.3 Å². The van der Waals surface area contributed by atoms with E-state index < -0.39 is 10.0 Å². The van der Waals surface area contributed by atoms with Gasteiger partial charge in [0.15, 0.2) is 0 Å². The summed E-state index contributed by atoms with van der Waals surface area (Å²) in [6.45, 7) is 6.27. The average Bonchev–Trinajstić information content (AvgIpc) is 3.58. The Kier molecular flexibility index (Phi) is 6.43. The number of benzene rings is 1. The minimum absolute atomic E-state index is 0.0110. The van der Waals surface area contributed by atoms with Crippen LogP contribution >= 0.6 is 0 Å². The highest BCUT2D eigenvalue weighted by Crippen LogP contribution is 2.30. The van der Waals surface area contributed by atoms with Gasteiger partial charge in [0.2, 0.25) is 21.8 Å². The molecule has 0 bridgehead atoms. The van der Waals surface area contributed by atoms with Crippen LogP contribution in [0, 0.1) is 19.8 Å². The van der Waals surface area contributed by atoms with E-state index in [2.05, 4.69) is 5.10 Å². The van der Waals surface area contributed by atoms with Crippen LogP contribution in [-0.2, 0) is 32.6 Å². The smallest absolute Gasteiger partial charge is 0.248 e. The number of rotatable bonds is 5. The highest BCUT2D eigenvalue weighted by Gasteiger charge is 2.37. The Labute approximate surface area is 206 Å². The van der Waals surface area contributed by atoms with E-state index in [1.54, 1.807) is 18.7 Å². The highest BCUT2D eigenvalue weighted by molar-refractivity contribution is 7.89. The molecule has 0 atom stereocenters. The maximum absolute atomic E-state index is 13.6. The molecule has 0 aliphatic carbocycles. The largest absolute Gasteiger partial charge is 0.342 e. The predicted octanol–water partition coefficient (Wildman–Crippen LogP) is 2.11. The SMILES string of the molecule is Cc1nn(CC(=O)N2CCc3ccccc32)c(C)c1S(=O)(=O)N1CCC(C(=O)N2CCCC2)CC1. The summed E-state index contributed by atoms with van der Waals surface area (Å²) in [6, 6.07) is 7.85. The normalized spacial score (nSPS) is 19.4. The van der Waals surface area contributed by atoms with Crippen LogP contribution < -0.4 is 4.90 Å².